The summed E-state index contributed by atoms with van der Waals surface area (Å²) in [4.78, 5) is 2.25. The van der Waals surface area contributed by atoms with E-state index in [1.807, 2.05) is 0 Å². The molecule has 3 fully saturated rings. The summed E-state index contributed by atoms with van der Waals surface area (Å²) in [6.45, 7) is 2.89. The van der Waals surface area contributed by atoms with Crippen molar-refractivity contribution in [1.82, 2.24) is 10.2 Å². The lowest BCUT2D eigenvalue weighted by Gasteiger charge is -2.41. The number of hydrogen-bond acceptors (Lipinski definition) is 5. The van der Waals surface area contributed by atoms with Gasteiger partial charge in [0.25, 0.3) is 0 Å². The van der Waals surface area contributed by atoms with Crippen LogP contribution in [0.2, 0.25) is 0 Å². The number of fused-ring (bicyclic) bond motifs is 2. The molecule has 0 aromatic carbocycles. The number of aliphatic hydroxyl groups excluding tert-OH is 1. The minimum Gasteiger partial charge on any atom is -0.390 e. The second-order valence-electron chi connectivity index (χ2n) is 6.31. The lowest BCUT2D eigenvalue weighted by molar-refractivity contribution is 0.0401. The normalized spacial score (nSPS) is 44.9. The average Bonchev–Trinajstić information content (AvgIpc) is 2.80. The van der Waals surface area contributed by atoms with Crippen LogP contribution in [-0.4, -0.2) is 66.7 Å². The number of nitrogens with one attached hydrogen (secondary N) is 1. The maximum absolute atomic E-state index is 11.7. The minimum atomic E-state index is -3.06. The van der Waals surface area contributed by atoms with Crippen LogP contribution in [0.5, 0.6) is 0 Å². The van der Waals surface area contributed by atoms with Crippen molar-refractivity contribution in [2.75, 3.05) is 18.1 Å². The maximum atomic E-state index is 11.7. The Balaban J connectivity index is 1.74. The molecule has 0 aromatic rings. The Morgan fingerprint density at radius 1 is 1.21 bits per heavy atom. The predicted molar refractivity (Wildman–Crippen MR) is 73.8 cm³/mol. The van der Waals surface area contributed by atoms with Gasteiger partial charge in [-0.05, 0) is 32.2 Å². The Kier molecular flexibility index (Phi) is 3.62. The summed E-state index contributed by atoms with van der Waals surface area (Å²) in [5.41, 5.74) is 0. The Labute approximate surface area is 115 Å². The smallest absolute Gasteiger partial charge is 0.154 e. The molecule has 3 aliphatic rings. The molecule has 0 aliphatic carbocycles. The van der Waals surface area contributed by atoms with E-state index >= 15 is 0 Å². The van der Waals surface area contributed by atoms with Crippen molar-refractivity contribution in [3.8, 4) is 0 Å². The van der Waals surface area contributed by atoms with Crippen molar-refractivity contribution < 1.29 is 13.5 Å². The predicted octanol–water partition coefficient (Wildman–Crippen LogP) is -0.251. The lowest BCUT2D eigenvalue weighted by atomic mass is 9.96. The van der Waals surface area contributed by atoms with Gasteiger partial charge in [-0.1, -0.05) is 6.92 Å². The Hall–Kier alpha value is -0.170. The molecule has 19 heavy (non-hydrogen) atoms. The molecule has 6 heteroatoms. The van der Waals surface area contributed by atoms with Crippen molar-refractivity contribution >= 4 is 9.84 Å². The molecule has 3 saturated heterocycles. The summed E-state index contributed by atoms with van der Waals surface area (Å²) < 4.78 is 23.4. The van der Waals surface area contributed by atoms with Gasteiger partial charge >= 0.3 is 0 Å². The molecular formula is C13H24N2O3S. The summed E-state index contributed by atoms with van der Waals surface area (Å²) in [6, 6.07) is 1.41. The highest BCUT2D eigenvalue weighted by Crippen LogP contribution is 2.32. The zero-order valence-corrected chi connectivity index (χ0v) is 12.3. The first-order valence-electron chi connectivity index (χ1n) is 7.39. The topological polar surface area (TPSA) is 69.6 Å². The Morgan fingerprint density at radius 3 is 2.32 bits per heavy atom. The molecule has 0 spiro atoms. The van der Waals surface area contributed by atoms with E-state index in [9.17, 15) is 13.5 Å². The molecule has 5 nitrogen and oxygen atoms in total. The highest BCUT2D eigenvalue weighted by atomic mass is 32.2. The van der Waals surface area contributed by atoms with Crippen LogP contribution in [-0.2, 0) is 9.84 Å². The fourth-order valence-electron chi connectivity index (χ4n) is 4.19. The van der Waals surface area contributed by atoms with Gasteiger partial charge in [-0.25, -0.2) is 8.42 Å². The van der Waals surface area contributed by atoms with Crippen LogP contribution in [0.1, 0.15) is 32.6 Å². The molecule has 2 N–H and O–H groups in total. The molecule has 0 radical (unpaired) electrons. The zero-order valence-electron chi connectivity index (χ0n) is 11.5. The Morgan fingerprint density at radius 2 is 1.84 bits per heavy atom. The summed E-state index contributed by atoms with van der Waals surface area (Å²) >= 11 is 0. The summed E-state index contributed by atoms with van der Waals surface area (Å²) in [6.07, 6.45) is 3.95. The second kappa shape index (κ2) is 4.98. The molecule has 4 atom stereocenters. The van der Waals surface area contributed by atoms with Gasteiger partial charge in [-0.2, -0.15) is 0 Å². The molecular weight excluding hydrogens is 264 g/mol. The third-order valence-electron chi connectivity index (χ3n) is 5.00. The molecule has 0 amide bonds. The molecule has 4 unspecified atom stereocenters. The first kappa shape index (κ1) is 13.8. The molecule has 0 aromatic heterocycles. The van der Waals surface area contributed by atoms with Crippen LogP contribution in [0, 0.1) is 0 Å². The molecule has 0 saturated carbocycles. The van der Waals surface area contributed by atoms with E-state index in [1.54, 1.807) is 0 Å². The standard InChI is InChI=1S/C13H24N2O3S/c1-2-15(12-7-19(17,18)8-13(12)16)11-5-9-3-4-10(6-11)14-9/h9-14,16H,2-8H2,1H3. The van der Waals surface area contributed by atoms with Crippen molar-refractivity contribution in [2.24, 2.45) is 0 Å². The summed E-state index contributed by atoms with van der Waals surface area (Å²) in [5.74, 6) is 0.0628. The van der Waals surface area contributed by atoms with E-state index in [0.717, 1.165) is 19.4 Å². The van der Waals surface area contributed by atoms with Crippen LogP contribution >= 0.6 is 0 Å². The number of sulfone groups is 1. The van der Waals surface area contributed by atoms with Crippen molar-refractivity contribution in [2.45, 2.75) is 62.9 Å². The quantitative estimate of drug-likeness (QED) is 0.749. The lowest BCUT2D eigenvalue weighted by Crippen LogP contribution is -2.54. The monoisotopic (exact) mass is 288 g/mol. The number of piperidine rings is 1. The van der Waals surface area contributed by atoms with Crippen molar-refractivity contribution in [3.63, 3.8) is 0 Å². The van der Waals surface area contributed by atoms with Gasteiger partial charge < -0.3 is 10.4 Å². The van der Waals surface area contributed by atoms with Gasteiger partial charge in [0.15, 0.2) is 9.84 Å². The highest BCUT2D eigenvalue weighted by Gasteiger charge is 2.44. The number of aliphatic hydroxyl groups is 1. The fourth-order valence-corrected chi connectivity index (χ4v) is 6.00. The highest BCUT2D eigenvalue weighted by molar-refractivity contribution is 7.91. The molecule has 3 aliphatic heterocycles. The largest absolute Gasteiger partial charge is 0.390 e. The van der Waals surface area contributed by atoms with E-state index < -0.39 is 15.9 Å². The number of hydrogen-bond donors (Lipinski definition) is 2. The first-order valence-corrected chi connectivity index (χ1v) is 9.21. The van der Waals surface area contributed by atoms with Gasteiger partial charge in [-0.3, -0.25) is 4.90 Å². The Bertz CT molecular complexity index is 427. The number of nitrogens with zero attached hydrogens (tertiary/aromatic N) is 1. The third-order valence-corrected chi connectivity index (χ3v) is 6.70. The molecule has 110 valence electrons. The van der Waals surface area contributed by atoms with Crippen molar-refractivity contribution in [1.29, 1.82) is 0 Å². The van der Waals surface area contributed by atoms with Gasteiger partial charge in [0.1, 0.15) is 0 Å². The molecule has 2 bridgehead atoms. The summed E-state index contributed by atoms with van der Waals surface area (Å²) in [7, 11) is -3.06. The fraction of sp³-hybridized carbons (Fsp3) is 1.00. The van der Waals surface area contributed by atoms with E-state index in [4.69, 9.17) is 0 Å². The summed E-state index contributed by atoms with van der Waals surface area (Å²) in [5, 5.41) is 13.7. The number of rotatable bonds is 3. The van der Waals surface area contributed by atoms with Crippen molar-refractivity contribution in [3.05, 3.63) is 0 Å². The van der Waals surface area contributed by atoms with Crippen LogP contribution in [0.25, 0.3) is 0 Å². The van der Waals surface area contributed by atoms with Crippen LogP contribution < -0.4 is 5.32 Å². The molecule has 3 rings (SSSR count). The van der Waals surface area contributed by atoms with Gasteiger partial charge in [-0.15, -0.1) is 0 Å². The van der Waals surface area contributed by atoms with Crippen LogP contribution in [0.4, 0.5) is 0 Å². The third kappa shape index (κ3) is 2.68. The number of likely N-dealkylation sites (N-methyl/N-ethyl adjacent to an activating group) is 1. The molecule has 3 heterocycles. The van der Waals surface area contributed by atoms with Gasteiger partial charge in [0.05, 0.1) is 23.7 Å². The second-order valence-corrected chi connectivity index (χ2v) is 8.46. The van der Waals surface area contributed by atoms with Crippen LogP contribution in [0.3, 0.4) is 0 Å². The van der Waals surface area contributed by atoms with Gasteiger partial charge in [0.2, 0.25) is 0 Å². The van der Waals surface area contributed by atoms with E-state index in [0.29, 0.717) is 18.1 Å². The average molecular weight is 288 g/mol. The SMILES string of the molecule is CCN(C1CC2CCC(C1)N2)C1CS(=O)(=O)CC1O. The van der Waals surface area contributed by atoms with E-state index in [2.05, 4.69) is 17.1 Å². The van der Waals surface area contributed by atoms with E-state index in [-0.39, 0.29) is 17.5 Å². The van der Waals surface area contributed by atoms with E-state index in [1.165, 1.54) is 12.8 Å². The zero-order chi connectivity index (χ0) is 13.6. The maximum Gasteiger partial charge on any atom is 0.154 e. The first-order chi connectivity index (χ1) is 8.98. The minimum absolute atomic E-state index is 0.0635. The van der Waals surface area contributed by atoms with Gasteiger partial charge in [0, 0.05) is 18.1 Å². The van der Waals surface area contributed by atoms with Crippen LogP contribution in [0.15, 0.2) is 0 Å².